The second-order valence-corrected chi connectivity index (χ2v) is 5.59. The van der Waals surface area contributed by atoms with E-state index in [1.807, 2.05) is 36.6 Å². The Morgan fingerprint density at radius 2 is 2.00 bits per heavy atom. The van der Waals surface area contributed by atoms with Gasteiger partial charge >= 0.3 is 5.97 Å². The van der Waals surface area contributed by atoms with E-state index in [2.05, 4.69) is 9.97 Å². The molecule has 0 fully saturated rings. The Balaban J connectivity index is 2.11. The predicted octanol–water partition coefficient (Wildman–Crippen LogP) is 3.45. The number of carboxylic acid groups (broad SMARTS) is 1. The highest BCUT2D eigenvalue weighted by atomic mass is 35.5. The quantitative estimate of drug-likeness (QED) is 0.803. The third-order valence-electron chi connectivity index (χ3n) is 3.54. The molecular weight excluding hydrogens is 302 g/mol. The monoisotopic (exact) mass is 315 g/mol. The van der Waals surface area contributed by atoms with E-state index < -0.39 is 5.97 Å². The maximum absolute atomic E-state index is 11.1. The topological polar surface area (TPSA) is 68.0 Å². The summed E-state index contributed by atoms with van der Waals surface area (Å²) in [4.78, 5) is 19.7. The van der Waals surface area contributed by atoms with Crippen LogP contribution in [0.1, 0.15) is 27.4 Å². The summed E-state index contributed by atoms with van der Waals surface area (Å²) in [5, 5.41) is 9.77. The number of nitrogens with zero attached hydrogens (tertiary/aromatic N) is 3. The number of hydrogen-bond donors (Lipinski definition) is 1. The zero-order chi connectivity index (χ0) is 15.9. The number of imidazole rings is 1. The Labute approximate surface area is 132 Å². The smallest absolute Gasteiger partial charge is 0.354 e. The molecule has 1 aromatic carbocycles. The molecule has 0 aliphatic heterocycles. The number of fused-ring (bicyclic) bond motifs is 1. The van der Waals surface area contributed by atoms with Gasteiger partial charge in [0.15, 0.2) is 11.3 Å². The lowest BCUT2D eigenvalue weighted by molar-refractivity contribution is 0.0691. The van der Waals surface area contributed by atoms with Crippen LogP contribution in [-0.4, -0.2) is 25.6 Å². The molecule has 2 heterocycles. The van der Waals surface area contributed by atoms with Crippen molar-refractivity contribution in [3.63, 3.8) is 0 Å². The minimum atomic E-state index is -1.05. The number of carbonyl (C=O) groups is 1. The molecule has 22 heavy (non-hydrogen) atoms. The molecule has 112 valence electrons. The fourth-order valence-corrected chi connectivity index (χ4v) is 2.67. The van der Waals surface area contributed by atoms with E-state index in [0.717, 1.165) is 17.0 Å². The van der Waals surface area contributed by atoms with Crippen molar-refractivity contribution in [2.45, 2.75) is 20.4 Å². The third kappa shape index (κ3) is 2.55. The van der Waals surface area contributed by atoms with E-state index in [1.165, 1.54) is 6.07 Å². The molecule has 0 aliphatic rings. The molecule has 3 aromatic rings. The van der Waals surface area contributed by atoms with Crippen LogP contribution in [0.5, 0.6) is 0 Å². The Morgan fingerprint density at radius 3 is 2.68 bits per heavy atom. The van der Waals surface area contributed by atoms with Gasteiger partial charge in [0, 0.05) is 5.02 Å². The molecule has 5 nitrogen and oxygen atoms in total. The average Bonchev–Trinajstić information content (AvgIpc) is 2.77. The number of pyridine rings is 1. The number of aryl methyl sites for hydroxylation is 2. The lowest BCUT2D eigenvalue weighted by Crippen LogP contribution is -2.06. The molecule has 0 atom stereocenters. The van der Waals surface area contributed by atoms with Crippen LogP contribution in [0, 0.1) is 13.8 Å². The van der Waals surface area contributed by atoms with Crippen molar-refractivity contribution in [3.05, 3.63) is 58.0 Å². The summed E-state index contributed by atoms with van der Waals surface area (Å²) < 4.78 is 1.87. The Kier molecular flexibility index (Phi) is 3.58. The summed E-state index contributed by atoms with van der Waals surface area (Å²) in [6.07, 6.45) is 0. The van der Waals surface area contributed by atoms with Crippen LogP contribution >= 0.6 is 11.6 Å². The Bertz CT molecular complexity index is 886. The van der Waals surface area contributed by atoms with E-state index in [4.69, 9.17) is 16.7 Å². The van der Waals surface area contributed by atoms with E-state index in [-0.39, 0.29) is 5.69 Å². The molecule has 0 saturated carbocycles. The zero-order valence-corrected chi connectivity index (χ0v) is 12.9. The van der Waals surface area contributed by atoms with Crippen molar-refractivity contribution in [1.82, 2.24) is 14.5 Å². The van der Waals surface area contributed by atoms with Crippen molar-refractivity contribution >= 4 is 28.7 Å². The third-order valence-corrected chi connectivity index (χ3v) is 3.89. The van der Waals surface area contributed by atoms with Crippen LogP contribution in [0.25, 0.3) is 11.2 Å². The summed E-state index contributed by atoms with van der Waals surface area (Å²) >= 11 is 6.28. The summed E-state index contributed by atoms with van der Waals surface area (Å²) in [6.45, 7) is 4.34. The first-order valence-electron chi connectivity index (χ1n) is 6.78. The van der Waals surface area contributed by atoms with Gasteiger partial charge in [0.25, 0.3) is 0 Å². The van der Waals surface area contributed by atoms with Crippen molar-refractivity contribution < 1.29 is 9.90 Å². The molecule has 0 amide bonds. The van der Waals surface area contributed by atoms with E-state index in [9.17, 15) is 4.79 Å². The van der Waals surface area contributed by atoms with E-state index in [0.29, 0.717) is 22.7 Å². The van der Waals surface area contributed by atoms with E-state index >= 15 is 0 Å². The van der Waals surface area contributed by atoms with Crippen molar-refractivity contribution in [3.8, 4) is 0 Å². The minimum absolute atomic E-state index is 0.00338. The SMILES string of the molecule is Cc1ccc(Cn2c(C)nc3ccc(C(=O)O)nc32)c(Cl)c1. The second-order valence-electron chi connectivity index (χ2n) is 5.18. The molecule has 3 rings (SSSR count). The van der Waals surface area contributed by atoms with Gasteiger partial charge in [0.05, 0.1) is 6.54 Å². The van der Waals surface area contributed by atoms with Crippen molar-refractivity contribution in [1.29, 1.82) is 0 Å². The van der Waals surface area contributed by atoms with Gasteiger partial charge in [0.1, 0.15) is 11.3 Å². The molecule has 0 bridgehead atoms. The Morgan fingerprint density at radius 1 is 1.23 bits per heavy atom. The second kappa shape index (κ2) is 5.42. The average molecular weight is 316 g/mol. The van der Waals surface area contributed by atoms with Crippen LogP contribution in [-0.2, 0) is 6.54 Å². The van der Waals surface area contributed by atoms with Crippen LogP contribution in [0.3, 0.4) is 0 Å². The number of carboxylic acids is 1. The molecular formula is C16H14ClN3O2. The predicted molar refractivity (Wildman–Crippen MR) is 84.5 cm³/mol. The maximum atomic E-state index is 11.1. The molecule has 0 aliphatic carbocycles. The summed E-state index contributed by atoms with van der Waals surface area (Å²) in [7, 11) is 0. The first-order chi connectivity index (χ1) is 10.5. The van der Waals surface area contributed by atoms with Gasteiger partial charge < -0.3 is 9.67 Å². The zero-order valence-electron chi connectivity index (χ0n) is 12.2. The molecule has 0 spiro atoms. The first kappa shape index (κ1) is 14.5. The summed E-state index contributed by atoms with van der Waals surface area (Å²) in [5.41, 5.74) is 3.26. The number of benzene rings is 1. The van der Waals surface area contributed by atoms with Gasteiger partial charge in [-0.05, 0) is 43.2 Å². The molecule has 0 unspecified atom stereocenters. The van der Waals surface area contributed by atoms with Crippen LogP contribution < -0.4 is 0 Å². The molecule has 0 radical (unpaired) electrons. The van der Waals surface area contributed by atoms with Gasteiger partial charge in [-0.15, -0.1) is 0 Å². The standard InChI is InChI=1S/C16H14ClN3O2/c1-9-3-4-11(12(17)7-9)8-20-10(2)18-13-5-6-14(16(21)22)19-15(13)20/h3-7H,8H2,1-2H3,(H,21,22). The van der Waals surface area contributed by atoms with Gasteiger partial charge in [-0.3, -0.25) is 0 Å². The maximum Gasteiger partial charge on any atom is 0.354 e. The van der Waals surface area contributed by atoms with Gasteiger partial charge in [-0.1, -0.05) is 23.7 Å². The number of halogens is 1. The largest absolute Gasteiger partial charge is 0.477 e. The minimum Gasteiger partial charge on any atom is -0.477 e. The van der Waals surface area contributed by atoms with Crippen molar-refractivity contribution in [2.24, 2.45) is 0 Å². The van der Waals surface area contributed by atoms with Gasteiger partial charge in [-0.25, -0.2) is 14.8 Å². The van der Waals surface area contributed by atoms with Crippen molar-refractivity contribution in [2.75, 3.05) is 0 Å². The van der Waals surface area contributed by atoms with Crippen LogP contribution in [0.2, 0.25) is 5.02 Å². The highest BCUT2D eigenvalue weighted by Gasteiger charge is 2.13. The molecule has 1 N–H and O–H groups in total. The Hall–Kier alpha value is -2.40. The highest BCUT2D eigenvalue weighted by Crippen LogP contribution is 2.22. The lowest BCUT2D eigenvalue weighted by Gasteiger charge is -2.09. The van der Waals surface area contributed by atoms with E-state index in [1.54, 1.807) is 6.07 Å². The summed E-state index contributed by atoms with van der Waals surface area (Å²) in [5.74, 6) is -0.289. The van der Waals surface area contributed by atoms with Crippen LogP contribution in [0.4, 0.5) is 0 Å². The highest BCUT2D eigenvalue weighted by molar-refractivity contribution is 6.31. The molecule has 0 saturated heterocycles. The fourth-order valence-electron chi connectivity index (χ4n) is 2.37. The van der Waals surface area contributed by atoms with Gasteiger partial charge in [0.2, 0.25) is 0 Å². The lowest BCUT2D eigenvalue weighted by atomic mass is 10.1. The number of aromatic carboxylic acids is 1. The first-order valence-corrected chi connectivity index (χ1v) is 7.15. The molecule has 6 heteroatoms. The number of hydrogen-bond acceptors (Lipinski definition) is 3. The van der Waals surface area contributed by atoms with Crippen LogP contribution in [0.15, 0.2) is 30.3 Å². The van der Waals surface area contributed by atoms with Gasteiger partial charge in [-0.2, -0.15) is 0 Å². The number of aromatic nitrogens is 3. The fraction of sp³-hybridized carbons (Fsp3) is 0.188. The summed E-state index contributed by atoms with van der Waals surface area (Å²) in [6, 6.07) is 8.99. The molecule has 2 aromatic heterocycles. The normalized spacial score (nSPS) is 11.0. The number of rotatable bonds is 3.